The molecule has 0 radical (unpaired) electrons. The molecule has 1 rings (SSSR count). The Morgan fingerprint density at radius 2 is 1.76 bits per heavy atom. The van der Waals surface area contributed by atoms with Crippen LogP contribution in [0.4, 0.5) is 0 Å². The van der Waals surface area contributed by atoms with Crippen molar-refractivity contribution >= 4 is 11.9 Å². The van der Waals surface area contributed by atoms with Gasteiger partial charge in [0.2, 0.25) is 0 Å². The van der Waals surface area contributed by atoms with E-state index in [2.05, 4.69) is 20.8 Å². The monoisotopic (exact) mass is 349 g/mol. The number of methoxy groups -OCH3 is 1. The second-order valence-corrected chi connectivity index (χ2v) is 7.45. The zero-order valence-corrected chi connectivity index (χ0v) is 16.2. The number of hydrogen-bond acceptors (Lipinski definition) is 4. The highest BCUT2D eigenvalue weighted by Gasteiger charge is 2.27. The average molecular weight is 349 g/mol. The van der Waals surface area contributed by atoms with Gasteiger partial charge in [0.15, 0.2) is 0 Å². The Hall–Kier alpha value is -1.88. The van der Waals surface area contributed by atoms with E-state index in [1.807, 2.05) is 31.2 Å². The molecule has 0 aliphatic heterocycles. The number of carbonyl (C=O) groups excluding carboxylic acids is 2. The van der Waals surface area contributed by atoms with E-state index in [0.717, 1.165) is 5.56 Å². The van der Waals surface area contributed by atoms with Gasteiger partial charge < -0.3 is 14.7 Å². The van der Waals surface area contributed by atoms with Crippen LogP contribution in [0.15, 0.2) is 24.3 Å². The minimum Gasteiger partial charge on any atom is -0.469 e. The highest BCUT2D eigenvalue weighted by atomic mass is 16.5. The van der Waals surface area contributed by atoms with Gasteiger partial charge in [-0.15, -0.1) is 0 Å². The molecule has 1 amide bonds. The van der Waals surface area contributed by atoms with Crippen LogP contribution in [0.5, 0.6) is 0 Å². The summed E-state index contributed by atoms with van der Waals surface area (Å²) >= 11 is 0. The molecule has 0 aliphatic carbocycles. The summed E-state index contributed by atoms with van der Waals surface area (Å²) in [5.74, 6) is -1.01. The number of aliphatic hydroxyl groups excluding tert-OH is 1. The fourth-order valence-corrected chi connectivity index (χ4v) is 2.70. The molecule has 140 valence electrons. The molecule has 2 atom stereocenters. The van der Waals surface area contributed by atoms with Crippen molar-refractivity contribution in [3.8, 4) is 0 Å². The highest BCUT2D eigenvalue weighted by Crippen LogP contribution is 2.23. The van der Waals surface area contributed by atoms with Crippen LogP contribution in [0.1, 0.15) is 57.0 Å². The lowest BCUT2D eigenvalue weighted by molar-refractivity contribution is -0.145. The first kappa shape index (κ1) is 21.2. The van der Waals surface area contributed by atoms with Crippen molar-refractivity contribution in [3.05, 3.63) is 35.4 Å². The maximum Gasteiger partial charge on any atom is 0.310 e. The smallest absolute Gasteiger partial charge is 0.310 e. The number of hydrogen-bond donors (Lipinski definition) is 1. The number of ether oxygens (including phenoxy) is 1. The van der Waals surface area contributed by atoms with Gasteiger partial charge in [0, 0.05) is 12.1 Å². The first-order valence-electron chi connectivity index (χ1n) is 8.75. The summed E-state index contributed by atoms with van der Waals surface area (Å²) in [5.41, 5.74) is 1.71. The van der Waals surface area contributed by atoms with E-state index in [4.69, 9.17) is 4.74 Å². The molecule has 5 nitrogen and oxygen atoms in total. The van der Waals surface area contributed by atoms with Crippen molar-refractivity contribution in [2.45, 2.75) is 52.5 Å². The van der Waals surface area contributed by atoms with Crippen LogP contribution < -0.4 is 0 Å². The van der Waals surface area contributed by atoms with E-state index in [-0.39, 0.29) is 36.5 Å². The second kappa shape index (κ2) is 8.99. The Labute approximate surface area is 151 Å². The Morgan fingerprint density at radius 1 is 1.20 bits per heavy atom. The zero-order chi connectivity index (χ0) is 19.2. The second-order valence-electron chi connectivity index (χ2n) is 7.45. The van der Waals surface area contributed by atoms with E-state index in [0.29, 0.717) is 12.0 Å². The molecule has 1 aromatic rings. The third kappa shape index (κ3) is 5.56. The van der Waals surface area contributed by atoms with Crippen molar-refractivity contribution < 1.29 is 19.4 Å². The number of rotatable bonds is 7. The van der Waals surface area contributed by atoms with Gasteiger partial charge in [0.05, 0.1) is 25.7 Å². The molecule has 1 N–H and O–H groups in total. The number of amides is 1. The number of esters is 1. The van der Waals surface area contributed by atoms with Gasteiger partial charge in [0.1, 0.15) is 0 Å². The summed E-state index contributed by atoms with van der Waals surface area (Å²) in [4.78, 5) is 26.3. The minimum atomic E-state index is -0.455. The standard InChI is InChI=1S/C20H31NO4/c1-7-17(13-22)21(12-14(2)19(24)25-6)18(23)15-8-10-16(11-9-15)20(3,4)5/h8-11,14,17,22H,7,12-13H2,1-6H3. The van der Waals surface area contributed by atoms with Gasteiger partial charge in [-0.2, -0.15) is 0 Å². The van der Waals surface area contributed by atoms with Gasteiger partial charge in [-0.3, -0.25) is 9.59 Å². The van der Waals surface area contributed by atoms with Crippen LogP contribution in [0.3, 0.4) is 0 Å². The van der Waals surface area contributed by atoms with Crippen LogP contribution in [0.2, 0.25) is 0 Å². The highest BCUT2D eigenvalue weighted by molar-refractivity contribution is 5.94. The maximum atomic E-state index is 13.0. The van der Waals surface area contributed by atoms with Gasteiger partial charge in [-0.05, 0) is 29.5 Å². The summed E-state index contributed by atoms with van der Waals surface area (Å²) in [6.45, 7) is 10.1. The SMILES string of the molecule is CCC(CO)N(CC(C)C(=O)OC)C(=O)c1ccc(C(C)(C)C)cc1. The Kier molecular flexibility index (Phi) is 7.61. The van der Waals surface area contributed by atoms with E-state index in [1.54, 1.807) is 11.8 Å². The summed E-state index contributed by atoms with van der Waals surface area (Å²) in [7, 11) is 1.33. The van der Waals surface area contributed by atoms with E-state index in [1.165, 1.54) is 7.11 Å². The first-order chi connectivity index (χ1) is 11.6. The lowest BCUT2D eigenvalue weighted by atomic mass is 9.86. The van der Waals surface area contributed by atoms with Gasteiger partial charge in [-0.25, -0.2) is 0 Å². The van der Waals surface area contributed by atoms with Gasteiger partial charge >= 0.3 is 5.97 Å². The Morgan fingerprint density at radius 3 is 2.16 bits per heavy atom. The topological polar surface area (TPSA) is 66.8 Å². The Balaban J connectivity index is 3.08. The summed E-state index contributed by atoms with van der Waals surface area (Å²) < 4.78 is 4.76. The molecule has 0 heterocycles. The molecule has 0 aromatic heterocycles. The van der Waals surface area contributed by atoms with Crippen LogP contribution >= 0.6 is 0 Å². The van der Waals surface area contributed by atoms with Crippen molar-refractivity contribution in [2.75, 3.05) is 20.3 Å². The molecule has 5 heteroatoms. The zero-order valence-electron chi connectivity index (χ0n) is 16.2. The largest absolute Gasteiger partial charge is 0.469 e. The van der Waals surface area contributed by atoms with E-state index >= 15 is 0 Å². The molecule has 0 fully saturated rings. The normalized spacial score (nSPS) is 13.9. The van der Waals surface area contributed by atoms with Crippen LogP contribution in [-0.2, 0) is 14.9 Å². The van der Waals surface area contributed by atoms with E-state index in [9.17, 15) is 14.7 Å². The molecule has 0 aliphatic rings. The predicted molar refractivity (Wildman–Crippen MR) is 98.5 cm³/mol. The summed E-state index contributed by atoms with van der Waals surface area (Å²) in [6, 6.07) is 7.19. The molecule has 0 bridgehead atoms. The fraction of sp³-hybridized carbons (Fsp3) is 0.600. The molecule has 25 heavy (non-hydrogen) atoms. The number of carbonyl (C=O) groups is 2. The quantitative estimate of drug-likeness (QED) is 0.769. The number of aliphatic hydroxyl groups is 1. The van der Waals surface area contributed by atoms with Crippen molar-refractivity contribution in [3.63, 3.8) is 0 Å². The summed E-state index contributed by atoms with van der Waals surface area (Å²) in [5, 5.41) is 9.64. The third-order valence-electron chi connectivity index (χ3n) is 4.46. The van der Waals surface area contributed by atoms with Crippen LogP contribution in [0.25, 0.3) is 0 Å². The van der Waals surface area contributed by atoms with Crippen LogP contribution in [-0.4, -0.2) is 48.2 Å². The van der Waals surface area contributed by atoms with Crippen molar-refractivity contribution in [2.24, 2.45) is 5.92 Å². The molecule has 1 aromatic carbocycles. The maximum absolute atomic E-state index is 13.0. The van der Waals surface area contributed by atoms with Crippen molar-refractivity contribution in [1.82, 2.24) is 4.90 Å². The lowest BCUT2D eigenvalue weighted by Crippen LogP contribution is -2.45. The predicted octanol–water partition coefficient (Wildman–Crippen LogP) is 3.01. The molecule has 2 unspecified atom stereocenters. The average Bonchev–Trinajstić information content (AvgIpc) is 2.59. The van der Waals surface area contributed by atoms with Gasteiger partial charge in [0.25, 0.3) is 5.91 Å². The third-order valence-corrected chi connectivity index (χ3v) is 4.46. The lowest BCUT2D eigenvalue weighted by Gasteiger charge is -2.32. The number of benzene rings is 1. The summed E-state index contributed by atoms with van der Waals surface area (Å²) in [6.07, 6.45) is 0.607. The molecular formula is C20H31NO4. The first-order valence-corrected chi connectivity index (χ1v) is 8.75. The molecular weight excluding hydrogens is 318 g/mol. The molecule has 0 saturated carbocycles. The van der Waals surface area contributed by atoms with Crippen molar-refractivity contribution in [1.29, 1.82) is 0 Å². The molecule has 0 saturated heterocycles. The Bertz CT molecular complexity index is 570. The molecule has 0 spiro atoms. The minimum absolute atomic E-state index is 0.0116. The fourth-order valence-electron chi connectivity index (χ4n) is 2.70. The van der Waals surface area contributed by atoms with Crippen LogP contribution in [0, 0.1) is 5.92 Å². The number of nitrogens with zero attached hydrogens (tertiary/aromatic N) is 1. The van der Waals surface area contributed by atoms with E-state index < -0.39 is 5.92 Å². The van der Waals surface area contributed by atoms with Gasteiger partial charge in [-0.1, -0.05) is 46.8 Å².